The Morgan fingerprint density at radius 2 is 1.56 bits per heavy atom. The summed E-state index contributed by atoms with van der Waals surface area (Å²) >= 11 is 0. The topological polar surface area (TPSA) is 95.5 Å². The molecule has 0 aromatic heterocycles. The molecule has 0 aliphatic heterocycles. The SMILES string of the molecule is Cc1cccc(C(=O)Nc2ccc(NC(=O)CCCC(=O)O)cc2)c1. The average Bonchev–Trinajstić information content (AvgIpc) is 2.56. The molecule has 2 rings (SSSR count). The Bertz CT molecular complexity index is 769. The van der Waals surface area contributed by atoms with E-state index in [0.29, 0.717) is 23.4 Å². The fourth-order valence-electron chi connectivity index (χ4n) is 2.25. The van der Waals surface area contributed by atoms with Gasteiger partial charge in [0.1, 0.15) is 0 Å². The zero-order valence-corrected chi connectivity index (χ0v) is 13.9. The molecule has 0 saturated heterocycles. The highest BCUT2D eigenvalue weighted by Crippen LogP contribution is 2.15. The molecule has 130 valence electrons. The van der Waals surface area contributed by atoms with Crippen molar-refractivity contribution in [3.8, 4) is 0 Å². The normalized spacial score (nSPS) is 10.1. The molecule has 25 heavy (non-hydrogen) atoms. The highest BCUT2D eigenvalue weighted by atomic mass is 16.4. The van der Waals surface area contributed by atoms with Crippen LogP contribution in [0.3, 0.4) is 0 Å². The summed E-state index contributed by atoms with van der Waals surface area (Å²) in [6, 6.07) is 14.1. The summed E-state index contributed by atoms with van der Waals surface area (Å²) in [6.45, 7) is 1.92. The standard InChI is InChI=1S/C19H20N2O4/c1-13-4-2-5-14(12-13)19(25)21-16-10-8-15(9-11-16)20-17(22)6-3-7-18(23)24/h2,4-5,8-12H,3,6-7H2,1H3,(H,20,22)(H,21,25)(H,23,24). The Morgan fingerprint density at radius 3 is 2.16 bits per heavy atom. The Balaban J connectivity index is 1.88. The molecule has 0 aliphatic rings. The molecule has 0 fully saturated rings. The van der Waals surface area contributed by atoms with Crippen LogP contribution in [0.1, 0.15) is 35.2 Å². The Morgan fingerprint density at radius 1 is 0.920 bits per heavy atom. The minimum absolute atomic E-state index is 0.0304. The third-order valence-corrected chi connectivity index (χ3v) is 3.50. The van der Waals surface area contributed by atoms with Crippen LogP contribution in [0, 0.1) is 6.92 Å². The maximum absolute atomic E-state index is 12.2. The van der Waals surface area contributed by atoms with Gasteiger partial charge in [0.05, 0.1) is 0 Å². The summed E-state index contributed by atoms with van der Waals surface area (Å²) in [5.74, 6) is -1.35. The lowest BCUT2D eigenvalue weighted by Gasteiger charge is -2.08. The molecule has 2 amide bonds. The number of aliphatic carboxylic acids is 1. The molecule has 0 unspecified atom stereocenters. The molecular weight excluding hydrogens is 320 g/mol. The minimum atomic E-state index is -0.915. The van der Waals surface area contributed by atoms with E-state index in [1.807, 2.05) is 19.1 Å². The highest BCUT2D eigenvalue weighted by Gasteiger charge is 2.07. The van der Waals surface area contributed by atoms with Crippen LogP contribution in [0.5, 0.6) is 0 Å². The molecule has 0 aliphatic carbocycles. The van der Waals surface area contributed by atoms with Crippen molar-refractivity contribution >= 4 is 29.2 Å². The first kappa shape index (κ1) is 18.2. The summed E-state index contributed by atoms with van der Waals surface area (Å²) < 4.78 is 0. The largest absolute Gasteiger partial charge is 0.481 e. The quantitative estimate of drug-likeness (QED) is 0.719. The van der Waals surface area contributed by atoms with Gasteiger partial charge in [-0.05, 0) is 49.7 Å². The average molecular weight is 340 g/mol. The van der Waals surface area contributed by atoms with Crippen molar-refractivity contribution in [3.63, 3.8) is 0 Å². The van der Waals surface area contributed by atoms with Crippen molar-refractivity contribution in [2.75, 3.05) is 10.6 Å². The van der Waals surface area contributed by atoms with E-state index in [4.69, 9.17) is 5.11 Å². The Hall–Kier alpha value is -3.15. The second-order valence-corrected chi connectivity index (χ2v) is 5.70. The third kappa shape index (κ3) is 6.10. The number of amides is 2. The predicted octanol–water partition coefficient (Wildman–Crippen LogP) is 3.44. The Labute approximate surface area is 145 Å². The molecule has 0 saturated carbocycles. The van der Waals surface area contributed by atoms with Crippen LogP contribution in [0.4, 0.5) is 11.4 Å². The van der Waals surface area contributed by atoms with Crippen LogP contribution >= 0.6 is 0 Å². The lowest BCUT2D eigenvalue weighted by molar-refractivity contribution is -0.137. The summed E-state index contributed by atoms with van der Waals surface area (Å²) in [4.78, 5) is 34.3. The first-order chi connectivity index (χ1) is 11.9. The van der Waals surface area contributed by atoms with Gasteiger partial charge >= 0.3 is 5.97 Å². The van der Waals surface area contributed by atoms with Crippen LogP contribution in [-0.2, 0) is 9.59 Å². The van der Waals surface area contributed by atoms with Crippen molar-refractivity contribution in [2.45, 2.75) is 26.2 Å². The van der Waals surface area contributed by atoms with Gasteiger partial charge in [-0.3, -0.25) is 14.4 Å². The first-order valence-corrected chi connectivity index (χ1v) is 7.94. The van der Waals surface area contributed by atoms with Crippen LogP contribution in [0.15, 0.2) is 48.5 Å². The fourth-order valence-corrected chi connectivity index (χ4v) is 2.25. The number of hydrogen-bond donors (Lipinski definition) is 3. The van der Waals surface area contributed by atoms with E-state index in [1.54, 1.807) is 36.4 Å². The van der Waals surface area contributed by atoms with E-state index in [1.165, 1.54) is 0 Å². The van der Waals surface area contributed by atoms with E-state index in [0.717, 1.165) is 5.56 Å². The van der Waals surface area contributed by atoms with Gasteiger partial charge in [-0.15, -0.1) is 0 Å². The van der Waals surface area contributed by atoms with Gasteiger partial charge in [0, 0.05) is 29.8 Å². The van der Waals surface area contributed by atoms with Crippen LogP contribution in [0.25, 0.3) is 0 Å². The predicted molar refractivity (Wildman–Crippen MR) is 95.7 cm³/mol. The molecule has 6 heteroatoms. The van der Waals surface area contributed by atoms with E-state index in [9.17, 15) is 14.4 Å². The second kappa shape index (κ2) is 8.63. The molecule has 6 nitrogen and oxygen atoms in total. The van der Waals surface area contributed by atoms with Gasteiger partial charge < -0.3 is 15.7 Å². The highest BCUT2D eigenvalue weighted by molar-refractivity contribution is 6.04. The maximum atomic E-state index is 12.2. The van der Waals surface area contributed by atoms with Gasteiger partial charge in [0.15, 0.2) is 0 Å². The van der Waals surface area contributed by atoms with Crippen molar-refractivity contribution in [1.82, 2.24) is 0 Å². The van der Waals surface area contributed by atoms with E-state index in [-0.39, 0.29) is 24.7 Å². The van der Waals surface area contributed by atoms with Crippen LogP contribution in [-0.4, -0.2) is 22.9 Å². The molecule has 0 bridgehead atoms. The Kier molecular flexibility index (Phi) is 6.28. The number of carbonyl (C=O) groups is 3. The maximum Gasteiger partial charge on any atom is 0.303 e. The van der Waals surface area contributed by atoms with E-state index >= 15 is 0 Å². The molecule has 0 spiro atoms. The number of rotatable bonds is 7. The van der Waals surface area contributed by atoms with Gasteiger partial charge in [-0.2, -0.15) is 0 Å². The number of benzene rings is 2. The molecule has 2 aromatic rings. The number of carbonyl (C=O) groups excluding carboxylic acids is 2. The smallest absolute Gasteiger partial charge is 0.303 e. The number of carboxylic acid groups (broad SMARTS) is 1. The third-order valence-electron chi connectivity index (χ3n) is 3.50. The number of aryl methyl sites for hydroxylation is 1. The van der Waals surface area contributed by atoms with Crippen molar-refractivity contribution in [1.29, 1.82) is 0 Å². The van der Waals surface area contributed by atoms with Crippen LogP contribution < -0.4 is 10.6 Å². The zero-order valence-electron chi connectivity index (χ0n) is 13.9. The van der Waals surface area contributed by atoms with Crippen molar-refractivity contribution < 1.29 is 19.5 Å². The number of carboxylic acids is 1. The van der Waals surface area contributed by atoms with Gasteiger partial charge in [-0.1, -0.05) is 17.7 Å². The number of nitrogens with one attached hydrogen (secondary N) is 2. The lowest BCUT2D eigenvalue weighted by atomic mass is 10.1. The monoisotopic (exact) mass is 340 g/mol. The van der Waals surface area contributed by atoms with Crippen molar-refractivity contribution in [3.05, 3.63) is 59.7 Å². The fraction of sp³-hybridized carbons (Fsp3) is 0.211. The molecule has 0 radical (unpaired) electrons. The van der Waals surface area contributed by atoms with Gasteiger partial charge in [0.25, 0.3) is 5.91 Å². The van der Waals surface area contributed by atoms with Crippen molar-refractivity contribution in [2.24, 2.45) is 0 Å². The summed E-state index contributed by atoms with van der Waals surface area (Å²) in [5.41, 5.74) is 2.80. The van der Waals surface area contributed by atoms with Gasteiger partial charge in [-0.25, -0.2) is 0 Å². The summed E-state index contributed by atoms with van der Waals surface area (Å²) in [7, 11) is 0. The first-order valence-electron chi connectivity index (χ1n) is 7.94. The zero-order chi connectivity index (χ0) is 18.2. The second-order valence-electron chi connectivity index (χ2n) is 5.70. The summed E-state index contributed by atoms with van der Waals surface area (Å²) in [6.07, 6.45) is 0.418. The van der Waals surface area contributed by atoms with Crippen LogP contribution in [0.2, 0.25) is 0 Å². The minimum Gasteiger partial charge on any atom is -0.481 e. The number of hydrogen-bond acceptors (Lipinski definition) is 3. The van der Waals surface area contributed by atoms with E-state index < -0.39 is 5.97 Å². The van der Waals surface area contributed by atoms with Gasteiger partial charge in [0.2, 0.25) is 5.91 Å². The number of anilines is 2. The molecule has 3 N–H and O–H groups in total. The lowest BCUT2D eigenvalue weighted by Crippen LogP contribution is -2.13. The molecule has 0 heterocycles. The molecule has 0 atom stereocenters. The molecule has 2 aromatic carbocycles. The molecular formula is C19H20N2O4. The summed E-state index contributed by atoms with van der Waals surface area (Å²) in [5, 5.41) is 14.0. The van der Waals surface area contributed by atoms with E-state index in [2.05, 4.69) is 10.6 Å².